The minimum Gasteiger partial charge on any atom is -0.338 e. The molecule has 3 nitrogen and oxygen atoms in total. The van der Waals surface area contributed by atoms with Gasteiger partial charge in [-0.25, -0.2) is 0 Å². The number of amides is 1. The number of halogens is 2. The molecule has 0 saturated carbocycles. The van der Waals surface area contributed by atoms with E-state index in [0.717, 1.165) is 28.0 Å². The van der Waals surface area contributed by atoms with Crippen molar-refractivity contribution in [3.8, 4) is 0 Å². The van der Waals surface area contributed by atoms with Crippen molar-refractivity contribution in [2.75, 3.05) is 13.1 Å². The van der Waals surface area contributed by atoms with Crippen LogP contribution in [0.5, 0.6) is 0 Å². The highest BCUT2D eigenvalue weighted by atomic mass is 79.9. The lowest BCUT2D eigenvalue weighted by molar-refractivity contribution is -0.133. The van der Waals surface area contributed by atoms with Crippen LogP contribution in [-0.2, 0) is 11.2 Å². The fourth-order valence-corrected chi connectivity index (χ4v) is 3.75. The third kappa shape index (κ3) is 3.95. The first-order valence-corrected chi connectivity index (χ1v) is 7.55. The normalized spacial score (nSPS) is 19.4. The predicted molar refractivity (Wildman–Crippen MR) is 81.4 cm³/mol. The summed E-state index contributed by atoms with van der Waals surface area (Å²) in [5.74, 6) is 0.217. The zero-order chi connectivity index (χ0) is 12.3. The topological polar surface area (TPSA) is 46.3 Å². The summed E-state index contributed by atoms with van der Waals surface area (Å²) < 4.78 is 1.08. The Kier molecular flexibility index (Phi) is 6.63. The summed E-state index contributed by atoms with van der Waals surface area (Å²) in [7, 11) is 0. The lowest BCUT2D eigenvalue weighted by atomic mass is 10.0. The number of carbonyl (C=O) groups excluding carboxylic acids is 1. The van der Waals surface area contributed by atoms with E-state index in [1.165, 1.54) is 6.42 Å². The van der Waals surface area contributed by atoms with Gasteiger partial charge in [0.05, 0.1) is 10.2 Å². The summed E-state index contributed by atoms with van der Waals surface area (Å²) in [6.07, 6.45) is 3.86. The molecule has 0 radical (unpaired) electrons. The van der Waals surface area contributed by atoms with Gasteiger partial charge < -0.3 is 10.6 Å². The molecule has 2 N–H and O–H groups in total. The van der Waals surface area contributed by atoms with E-state index in [1.54, 1.807) is 11.3 Å². The number of rotatable bonds is 3. The number of nitrogens with two attached hydrogens (primary N) is 1. The molecular weight excluding hydrogens is 336 g/mol. The number of hydrogen-bond acceptors (Lipinski definition) is 3. The maximum absolute atomic E-state index is 12.2. The Bertz CT molecular complexity index is 399. The number of hydrogen-bond donors (Lipinski definition) is 1. The number of carbonyl (C=O) groups is 1. The maximum atomic E-state index is 12.2. The smallest absolute Gasteiger partial charge is 0.228 e. The van der Waals surface area contributed by atoms with Gasteiger partial charge in [-0.2, -0.15) is 0 Å². The van der Waals surface area contributed by atoms with Crippen LogP contribution in [0, 0.1) is 0 Å². The van der Waals surface area contributed by atoms with E-state index in [0.29, 0.717) is 13.0 Å². The van der Waals surface area contributed by atoms with Crippen LogP contribution in [0.1, 0.15) is 24.1 Å². The monoisotopic (exact) mass is 352 g/mol. The third-order valence-corrected chi connectivity index (χ3v) is 4.80. The van der Waals surface area contributed by atoms with Crippen molar-refractivity contribution in [3.63, 3.8) is 0 Å². The van der Waals surface area contributed by atoms with Gasteiger partial charge in [-0.1, -0.05) is 0 Å². The molecule has 2 rings (SSSR count). The van der Waals surface area contributed by atoms with Gasteiger partial charge in [-0.05, 0) is 47.3 Å². The fraction of sp³-hybridized carbons (Fsp3) is 0.583. The predicted octanol–water partition coefficient (Wildman–Crippen LogP) is 2.81. The number of thiophene rings is 1. The van der Waals surface area contributed by atoms with Gasteiger partial charge in [0.15, 0.2) is 0 Å². The van der Waals surface area contributed by atoms with Crippen LogP contribution in [0.15, 0.2) is 15.9 Å². The summed E-state index contributed by atoms with van der Waals surface area (Å²) in [5, 5.41) is 0. The number of nitrogens with zero attached hydrogens (tertiary/aromatic N) is 1. The summed E-state index contributed by atoms with van der Waals surface area (Å²) in [5.41, 5.74) is 5.73. The lowest BCUT2D eigenvalue weighted by Gasteiger charge is -2.35. The van der Waals surface area contributed by atoms with E-state index >= 15 is 0 Å². The van der Waals surface area contributed by atoms with Crippen LogP contribution < -0.4 is 5.73 Å². The molecule has 1 aliphatic heterocycles. The average molecular weight is 354 g/mol. The molecule has 0 bridgehead atoms. The summed E-state index contributed by atoms with van der Waals surface area (Å²) in [4.78, 5) is 15.3. The Morgan fingerprint density at radius 2 is 2.28 bits per heavy atom. The zero-order valence-electron chi connectivity index (χ0n) is 10.1. The van der Waals surface area contributed by atoms with Gasteiger partial charge in [0, 0.05) is 24.0 Å². The number of likely N-dealkylation sites (tertiary alicyclic amines) is 1. The molecule has 102 valence electrons. The van der Waals surface area contributed by atoms with Crippen molar-refractivity contribution in [1.82, 2.24) is 4.90 Å². The Morgan fingerprint density at radius 1 is 1.50 bits per heavy atom. The second kappa shape index (κ2) is 7.48. The molecule has 1 fully saturated rings. The Balaban J connectivity index is 0.00000162. The van der Waals surface area contributed by atoms with Crippen LogP contribution in [0.4, 0.5) is 0 Å². The van der Waals surface area contributed by atoms with Gasteiger partial charge in [-0.3, -0.25) is 4.79 Å². The second-order valence-electron chi connectivity index (χ2n) is 4.36. The van der Waals surface area contributed by atoms with Crippen molar-refractivity contribution in [2.45, 2.75) is 31.7 Å². The number of piperidine rings is 1. The quantitative estimate of drug-likeness (QED) is 0.908. The Morgan fingerprint density at radius 3 is 2.89 bits per heavy atom. The van der Waals surface area contributed by atoms with Crippen molar-refractivity contribution >= 4 is 45.6 Å². The van der Waals surface area contributed by atoms with E-state index < -0.39 is 0 Å². The van der Waals surface area contributed by atoms with E-state index in [9.17, 15) is 4.79 Å². The minimum atomic E-state index is 0. The van der Waals surface area contributed by atoms with Crippen LogP contribution >= 0.6 is 39.7 Å². The average Bonchev–Trinajstić information content (AvgIpc) is 2.74. The molecule has 1 unspecified atom stereocenters. The van der Waals surface area contributed by atoms with Crippen LogP contribution in [-0.4, -0.2) is 29.9 Å². The molecule has 2 heterocycles. The molecule has 1 aliphatic rings. The van der Waals surface area contributed by atoms with E-state index in [-0.39, 0.29) is 24.4 Å². The molecule has 1 aromatic heterocycles. The molecule has 0 spiro atoms. The Hall–Kier alpha value is -0.100. The zero-order valence-corrected chi connectivity index (χ0v) is 13.3. The SMILES string of the molecule is Cl.NCC1CCCCN1C(=O)Cc1ccc(Br)s1. The molecule has 18 heavy (non-hydrogen) atoms. The first kappa shape index (κ1) is 16.0. The Labute approximate surface area is 126 Å². The fourth-order valence-electron chi connectivity index (χ4n) is 2.27. The van der Waals surface area contributed by atoms with Crippen LogP contribution in [0.25, 0.3) is 0 Å². The molecule has 1 saturated heterocycles. The molecule has 1 aromatic rings. The van der Waals surface area contributed by atoms with Gasteiger partial charge in [-0.15, -0.1) is 23.7 Å². The van der Waals surface area contributed by atoms with Crippen LogP contribution in [0.2, 0.25) is 0 Å². The summed E-state index contributed by atoms with van der Waals surface area (Å²) in [6.45, 7) is 1.45. The first-order chi connectivity index (χ1) is 8.20. The van der Waals surface area contributed by atoms with Gasteiger partial charge in [0.1, 0.15) is 0 Å². The van der Waals surface area contributed by atoms with Gasteiger partial charge >= 0.3 is 0 Å². The highest BCUT2D eigenvalue weighted by Crippen LogP contribution is 2.24. The molecule has 6 heteroatoms. The first-order valence-electron chi connectivity index (χ1n) is 5.94. The van der Waals surface area contributed by atoms with E-state index in [2.05, 4.69) is 15.9 Å². The highest BCUT2D eigenvalue weighted by Gasteiger charge is 2.25. The minimum absolute atomic E-state index is 0. The molecule has 1 atom stereocenters. The van der Waals surface area contributed by atoms with E-state index in [1.807, 2.05) is 17.0 Å². The van der Waals surface area contributed by atoms with Crippen molar-refractivity contribution < 1.29 is 4.79 Å². The molecule has 1 amide bonds. The van der Waals surface area contributed by atoms with Crippen molar-refractivity contribution in [1.29, 1.82) is 0 Å². The summed E-state index contributed by atoms with van der Waals surface area (Å²) in [6, 6.07) is 4.25. The molecular formula is C12H18BrClN2OS. The van der Waals surface area contributed by atoms with Crippen LogP contribution in [0.3, 0.4) is 0 Å². The third-order valence-electron chi connectivity index (χ3n) is 3.17. The van der Waals surface area contributed by atoms with Crippen molar-refractivity contribution in [2.24, 2.45) is 5.73 Å². The van der Waals surface area contributed by atoms with Gasteiger partial charge in [0.25, 0.3) is 0 Å². The maximum Gasteiger partial charge on any atom is 0.228 e. The standard InChI is InChI=1S/C12H17BrN2OS.ClH/c13-11-5-4-10(17-11)7-12(16)15-6-2-1-3-9(15)8-14;/h4-5,9H,1-3,6-8,14H2;1H. The highest BCUT2D eigenvalue weighted by molar-refractivity contribution is 9.11. The second-order valence-corrected chi connectivity index (χ2v) is 6.90. The lowest BCUT2D eigenvalue weighted by Crippen LogP contribution is -2.47. The van der Waals surface area contributed by atoms with Crippen molar-refractivity contribution in [3.05, 3.63) is 20.8 Å². The largest absolute Gasteiger partial charge is 0.338 e. The van der Waals surface area contributed by atoms with Gasteiger partial charge in [0.2, 0.25) is 5.91 Å². The van der Waals surface area contributed by atoms with E-state index in [4.69, 9.17) is 5.73 Å². The summed E-state index contributed by atoms with van der Waals surface area (Å²) >= 11 is 5.04. The molecule has 0 aliphatic carbocycles. The molecule has 0 aromatic carbocycles.